The number of rotatable bonds is 9. The van der Waals surface area contributed by atoms with Crippen LogP contribution in [0.15, 0.2) is 47.9 Å². The van der Waals surface area contributed by atoms with Gasteiger partial charge in [-0.2, -0.15) is 5.10 Å². The van der Waals surface area contributed by atoms with Crippen LogP contribution in [0.5, 0.6) is 0 Å². The Balaban J connectivity index is 1.40. The highest BCUT2D eigenvalue weighted by Crippen LogP contribution is 2.28. The van der Waals surface area contributed by atoms with Crippen molar-refractivity contribution in [2.45, 2.75) is 37.9 Å². The number of thioether (sulfide) groups is 1. The van der Waals surface area contributed by atoms with Crippen LogP contribution in [0.2, 0.25) is 0 Å². The Kier molecular flexibility index (Phi) is 6.84. The van der Waals surface area contributed by atoms with Crippen molar-refractivity contribution in [1.82, 2.24) is 24.5 Å². The number of anilines is 1. The highest BCUT2D eigenvalue weighted by atomic mass is 32.2. The number of ether oxygens (including phenoxy) is 1. The van der Waals surface area contributed by atoms with Gasteiger partial charge in [-0.05, 0) is 38.0 Å². The quantitative estimate of drug-likeness (QED) is 0.396. The third-order valence-electron chi connectivity index (χ3n) is 5.02. The third-order valence-corrected chi connectivity index (χ3v) is 6.04. The third kappa shape index (κ3) is 5.19. The Hall–Kier alpha value is -2.32. The molecular weight excluding hydrogens is 384 g/mol. The number of aryl methyl sites for hydroxylation is 2. The van der Waals surface area contributed by atoms with Crippen LogP contribution in [0.3, 0.4) is 0 Å². The monoisotopic (exact) mass is 412 g/mol. The average Bonchev–Trinajstić information content (AvgIpc) is 3.42. The molecular formula is C21H28N6OS. The Morgan fingerprint density at radius 3 is 2.62 bits per heavy atom. The predicted octanol–water partition coefficient (Wildman–Crippen LogP) is 3.57. The molecule has 0 atom stereocenters. The number of aromatic nitrogens is 5. The molecule has 0 bridgehead atoms. The number of unbranched alkanes of at least 4 members (excludes halogenated alkanes) is 2. The summed E-state index contributed by atoms with van der Waals surface area (Å²) in [7, 11) is 0. The fourth-order valence-corrected chi connectivity index (χ4v) is 4.34. The SMILES string of the molecule is Cc1ccc(-n2c(SCCCCCn3cccn3)nnc2N2CCOCC2)cc1. The molecule has 2 aromatic heterocycles. The van der Waals surface area contributed by atoms with E-state index in [-0.39, 0.29) is 0 Å². The Morgan fingerprint density at radius 1 is 1.03 bits per heavy atom. The number of benzene rings is 1. The number of hydrogen-bond acceptors (Lipinski definition) is 6. The average molecular weight is 413 g/mol. The van der Waals surface area contributed by atoms with E-state index >= 15 is 0 Å². The molecule has 0 spiro atoms. The van der Waals surface area contributed by atoms with Crippen molar-refractivity contribution in [2.24, 2.45) is 0 Å². The topological polar surface area (TPSA) is 61.0 Å². The molecule has 0 aliphatic carbocycles. The summed E-state index contributed by atoms with van der Waals surface area (Å²) in [4.78, 5) is 2.27. The van der Waals surface area contributed by atoms with Gasteiger partial charge in [-0.3, -0.25) is 9.25 Å². The van der Waals surface area contributed by atoms with Gasteiger partial charge in [0.15, 0.2) is 5.16 Å². The highest BCUT2D eigenvalue weighted by molar-refractivity contribution is 7.99. The van der Waals surface area contributed by atoms with Gasteiger partial charge in [-0.25, -0.2) is 0 Å². The fourth-order valence-electron chi connectivity index (χ4n) is 3.39. The van der Waals surface area contributed by atoms with Crippen molar-refractivity contribution in [1.29, 1.82) is 0 Å². The molecule has 1 saturated heterocycles. The maximum Gasteiger partial charge on any atom is 0.232 e. The minimum Gasteiger partial charge on any atom is -0.378 e. The summed E-state index contributed by atoms with van der Waals surface area (Å²) >= 11 is 1.79. The normalized spacial score (nSPS) is 14.4. The molecule has 154 valence electrons. The van der Waals surface area contributed by atoms with E-state index in [0.29, 0.717) is 0 Å². The molecule has 0 saturated carbocycles. The van der Waals surface area contributed by atoms with Crippen LogP contribution in [-0.2, 0) is 11.3 Å². The van der Waals surface area contributed by atoms with Crippen LogP contribution in [0.4, 0.5) is 5.95 Å². The molecule has 0 amide bonds. The van der Waals surface area contributed by atoms with Gasteiger partial charge in [-0.15, -0.1) is 10.2 Å². The standard InChI is InChI=1S/C21H28N6OS/c1-18-6-8-19(9-7-18)27-20(25-13-15-28-16-14-25)23-24-21(27)29-17-4-2-3-11-26-12-5-10-22-26/h5-10,12H,2-4,11,13-17H2,1H3. The van der Waals surface area contributed by atoms with Crippen molar-refractivity contribution in [2.75, 3.05) is 37.0 Å². The van der Waals surface area contributed by atoms with Gasteiger partial charge in [0.25, 0.3) is 0 Å². The van der Waals surface area contributed by atoms with Crippen LogP contribution in [0.25, 0.3) is 5.69 Å². The molecule has 0 N–H and O–H groups in total. The Bertz CT molecular complexity index is 871. The van der Waals surface area contributed by atoms with Crippen molar-refractivity contribution in [3.63, 3.8) is 0 Å². The minimum absolute atomic E-state index is 0.736. The lowest BCUT2D eigenvalue weighted by Gasteiger charge is -2.28. The second kappa shape index (κ2) is 9.93. The zero-order chi connectivity index (χ0) is 19.9. The summed E-state index contributed by atoms with van der Waals surface area (Å²) in [6, 6.07) is 10.6. The van der Waals surface area contributed by atoms with Gasteiger partial charge >= 0.3 is 0 Å². The van der Waals surface area contributed by atoms with Crippen molar-refractivity contribution in [3.05, 3.63) is 48.3 Å². The van der Waals surface area contributed by atoms with E-state index in [1.165, 1.54) is 12.0 Å². The molecule has 3 aromatic rings. The lowest BCUT2D eigenvalue weighted by molar-refractivity contribution is 0.122. The first-order chi connectivity index (χ1) is 14.3. The van der Waals surface area contributed by atoms with E-state index in [1.807, 2.05) is 23.1 Å². The number of hydrogen-bond donors (Lipinski definition) is 0. The first kappa shape index (κ1) is 20.0. The van der Waals surface area contributed by atoms with E-state index in [9.17, 15) is 0 Å². The second-order valence-electron chi connectivity index (χ2n) is 7.23. The van der Waals surface area contributed by atoms with E-state index < -0.39 is 0 Å². The second-order valence-corrected chi connectivity index (χ2v) is 8.29. The Labute approximate surface area is 176 Å². The first-order valence-electron chi connectivity index (χ1n) is 10.3. The summed E-state index contributed by atoms with van der Waals surface area (Å²) < 4.78 is 9.70. The van der Waals surface area contributed by atoms with E-state index in [2.05, 4.69) is 56.0 Å². The van der Waals surface area contributed by atoms with E-state index in [1.54, 1.807) is 11.8 Å². The summed E-state index contributed by atoms with van der Waals surface area (Å²) in [6.07, 6.45) is 7.33. The summed E-state index contributed by atoms with van der Waals surface area (Å²) in [5.74, 6) is 1.95. The van der Waals surface area contributed by atoms with E-state index in [0.717, 1.165) is 68.2 Å². The van der Waals surface area contributed by atoms with Gasteiger partial charge in [0, 0.05) is 37.8 Å². The Morgan fingerprint density at radius 2 is 1.86 bits per heavy atom. The van der Waals surface area contributed by atoms with Crippen molar-refractivity contribution < 1.29 is 4.74 Å². The predicted molar refractivity (Wildman–Crippen MR) is 116 cm³/mol. The number of nitrogens with zero attached hydrogens (tertiary/aromatic N) is 6. The van der Waals surface area contributed by atoms with Gasteiger partial charge in [-0.1, -0.05) is 35.9 Å². The molecule has 4 rings (SSSR count). The fraction of sp³-hybridized carbons (Fsp3) is 0.476. The number of morpholine rings is 1. The largest absolute Gasteiger partial charge is 0.378 e. The summed E-state index contributed by atoms with van der Waals surface area (Å²) in [5, 5.41) is 14.3. The molecule has 1 aliphatic rings. The summed E-state index contributed by atoms with van der Waals surface area (Å²) in [6.45, 7) is 6.26. The maximum absolute atomic E-state index is 5.51. The maximum atomic E-state index is 5.51. The van der Waals surface area contributed by atoms with Gasteiger partial charge < -0.3 is 9.64 Å². The first-order valence-corrected chi connectivity index (χ1v) is 11.3. The lowest BCUT2D eigenvalue weighted by Crippen LogP contribution is -2.37. The molecule has 7 nitrogen and oxygen atoms in total. The lowest BCUT2D eigenvalue weighted by atomic mass is 10.2. The molecule has 29 heavy (non-hydrogen) atoms. The van der Waals surface area contributed by atoms with Crippen LogP contribution in [0.1, 0.15) is 24.8 Å². The molecule has 8 heteroatoms. The van der Waals surface area contributed by atoms with Crippen LogP contribution >= 0.6 is 11.8 Å². The molecule has 0 radical (unpaired) electrons. The smallest absolute Gasteiger partial charge is 0.232 e. The van der Waals surface area contributed by atoms with Crippen molar-refractivity contribution in [3.8, 4) is 5.69 Å². The molecule has 0 unspecified atom stereocenters. The van der Waals surface area contributed by atoms with Crippen molar-refractivity contribution >= 4 is 17.7 Å². The molecule has 3 heterocycles. The van der Waals surface area contributed by atoms with Gasteiger partial charge in [0.1, 0.15) is 0 Å². The minimum atomic E-state index is 0.736. The van der Waals surface area contributed by atoms with Crippen LogP contribution < -0.4 is 4.90 Å². The zero-order valence-electron chi connectivity index (χ0n) is 16.9. The zero-order valence-corrected chi connectivity index (χ0v) is 17.7. The van der Waals surface area contributed by atoms with Crippen LogP contribution in [-0.4, -0.2) is 56.6 Å². The van der Waals surface area contributed by atoms with Crippen LogP contribution in [0, 0.1) is 6.92 Å². The highest BCUT2D eigenvalue weighted by Gasteiger charge is 2.21. The molecule has 1 fully saturated rings. The van der Waals surface area contributed by atoms with Gasteiger partial charge in [0.05, 0.1) is 18.9 Å². The van der Waals surface area contributed by atoms with E-state index in [4.69, 9.17) is 4.74 Å². The summed E-state index contributed by atoms with van der Waals surface area (Å²) in [5.41, 5.74) is 2.37. The molecule has 1 aliphatic heterocycles. The van der Waals surface area contributed by atoms with Gasteiger partial charge in [0.2, 0.25) is 5.95 Å². The molecule has 1 aromatic carbocycles.